The van der Waals surface area contributed by atoms with E-state index in [0.29, 0.717) is 5.41 Å². The summed E-state index contributed by atoms with van der Waals surface area (Å²) in [6.07, 6.45) is 3.99. The first-order chi connectivity index (χ1) is 8.79. The van der Waals surface area contributed by atoms with Gasteiger partial charge in [-0.25, -0.2) is 0 Å². The SMILES string of the molecule is CN1CCc2c(cc(C(C)(C)C)cc2C2(C)CC2)C1. The molecule has 0 N–H and O–H groups in total. The molecule has 1 aliphatic heterocycles. The van der Waals surface area contributed by atoms with Crippen LogP contribution in [0.3, 0.4) is 0 Å². The van der Waals surface area contributed by atoms with E-state index in [-0.39, 0.29) is 5.41 Å². The lowest BCUT2D eigenvalue weighted by Crippen LogP contribution is -2.29. The lowest BCUT2D eigenvalue weighted by Gasteiger charge is -2.32. The molecule has 0 saturated heterocycles. The Morgan fingerprint density at radius 3 is 2.42 bits per heavy atom. The van der Waals surface area contributed by atoms with Crippen LogP contribution < -0.4 is 0 Å². The van der Waals surface area contributed by atoms with Crippen molar-refractivity contribution in [2.45, 2.75) is 64.3 Å². The number of likely N-dealkylation sites (N-methyl/N-ethyl adjacent to an activating group) is 1. The summed E-state index contributed by atoms with van der Waals surface area (Å²) in [6, 6.07) is 5.00. The van der Waals surface area contributed by atoms with Crippen molar-refractivity contribution in [3.05, 3.63) is 34.4 Å². The van der Waals surface area contributed by atoms with Crippen LogP contribution in [0.2, 0.25) is 0 Å². The summed E-state index contributed by atoms with van der Waals surface area (Å²) in [5.41, 5.74) is 7.19. The molecule has 1 heterocycles. The maximum atomic E-state index is 2.52. The van der Waals surface area contributed by atoms with Crippen molar-refractivity contribution in [1.29, 1.82) is 0 Å². The van der Waals surface area contributed by atoms with Crippen LogP contribution >= 0.6 is 0 Å². The van der Waals surface area contributed by atoms with Gasteiger partial charge in [0.05, 0.1) is 0 Å². The van der Waals surface area contributed by atoms with Crippen molar-refractivity contribution < 1.29 is 0 Å². The minimum absolute atomic E-state index is 0.255. The molecule has 1 nitrogen and oxygen atoms in total. The highest BCUT2D eigenvalue weighted by Gasteiger charge is 2.42. The minimum Gasteiger partial charge on any atom is -0.302 e. The molecule has 1 aliphatic carbocycles. The predicted octanol–water partition coefficient (Wildman–Crippen LogP) is 4.02. The quantitative estimate of drug-likeness (QED) is 0.734. The van der Waals surface area contributed by atoms with E-state index >= 15 is 0 Å². The molecule has 3 rings (SSSR count). The van der Waals surface area contributed by atoms with E-state index in [1.165, 1.54) is 31.4 Å². The van der Waals surface area contributed by atoms with E-state index < -0.39 is 0 Å². The van der Waals surface area contributed by atoms with E-state index in [9.17, 15) is 0 Å². The topological polar surface area (TPSA) is 3.24 Å². The van der Waals surface area contributed by atoms with E-state index in [0.717, 1.165) is 6.54 Å². The zero-order valence-corrected chi connectivity index (χ0v) is 13.1. The van der Waals surface area contributed by atoms with Crippen LogP contribution in [-0.4, -0.2) is 18.5 Å². The van der Waals surface area contributed by atoms with Gasteiger partial charge in [0.15, 0.2) is 0 Å². The number of fused-ring (bicyclic) bond motifs is 1. The van der Waals surface area contributed by atoms with Gasteiger partial charge in [-0.2, -0.15) is 0 Å². The van der Waals surface area contributed by atoms with Gasteiger partial charge in [0.2, 0.25) is 0 Å². The molecule has 1 aromatic carbocycles. The first-order valence-corrected chi connectivity index (χ1v) is 7.65. The van der Waals surface area contributed by atoms with Gasteiger partial charge in [0.25, 0.3) is 0 Å². The Morgan fingerprint density at radius 2 is 1.84 bits per heavy atom. The lowest BCUT2D eigenvalue weighted by atomic mass is 9.79. The van der Waals surface area contributed by atoms with E-state index in [2.05, 4.69) is 51.8 Å². The van der Waals surface area contributed by atoms with Gasteiger partial charge in [0, 0.05) is 13.1 Å². The molecule has 0 bridgehead atoms. The molecule has 0 atom stereocenters. The third kappa shape index (κ3) is 2.33. The second-order valence-corrected chi connectivity index (χ2v) is 7.96. The highest BCUT2D eigenvalue weighted by molar-refractivity contribution is 5.48. The summed E-state index contributed by atoms with van der Waals surface area (Å²) < 4.78 is 0. The molecule has 1 heteroatoms. The smallest absolute Gasteiger partial charge is 0.0233 e. The van der Waals surface area contributed by atoms with Crippen LogP contribution in [0.5, 0.6) is 0 Å². The van der Waals surface area contributed by atoms with Crippen molar-refractivity contribution in [3.63, 3.8) is 0 Å². The van der Waals surface area contributed by atoms with Crippen LogP contribution in [0.25, 0.3) is 0 Å². The Labute approximate surface area is 118 Å². The van der Waals surface area contributed by atoms with Gasteiger partial charge in [-0.1, -0.05) is 39.8 Å². The maximum absolute atomic E-state index is 2.52. The fraction of sp³-hybridized carbons (Fsp3) is 0.667. The monoisotopic (exact) mass is 257 g/mol. The van der Waals surface area contributed by atoms with Crippen LogP contribution in [-0.2, 0) is 23.8 Å². The van der Waals surface area contributed by atoms with Gasteiger partial charge in [0.1, 0.15) is 0 Å². The van der Waals surface area contributed by atoms with Crippen molar-refractivity contribution in [2.75, 3.05) is 13.6 Å². The average Bonchev–Trinajstić information content (AvgIpc) is 3.05. The second kappa shape index (κ2) is 4.09. The molecule has 1 saturated carbocycles. The molecule has 19 heavy (non-hydrogen) atoms. The van der Waals surface area contributed by atoms with Gasteiger partial charge < -0.3 is 4.90 Å². The Morgan fingerprint density at radius 1 is 1.16 bits per heavy atom. The fourth-order valence-electron chi connectivity index (χ4n) is 3.27. The highest BCUT2D eigenvalue weighted by Crippen LogP contribution is 2.50. The summed E-state index contributed by atoms with van der Waals surface area (Å²) >= 11 is 0. The van der Waals surface area contributed by atoms with Crippen molar-refractivity contribution >= 4 is 0 Å². The average molecular weight is 257 g/mol. The standard InChI is InChI=1S/C18H27N/c1-17(2,3)14-10-13-12-19(5)9-6-15(13)16(11-14)18(4)7-8-18/h10-11H,6-9,12H2,1-5H3. The van der Waals surface area contributed by atoms with E-state index in [1.54, 1.807) is 16.7 Å². The Balaban J connectivity index is 2.14. The van der Waals surface area contributed by atoms with Gasteiger partial charge in [-0.15, -0.1) is 0 Å². The van der Waals surface area contributed by atoms with Crippen molar-refractivity contribution in [1.82, 2.24) is 4.90 Å². The van der Waals surface area contributed by atoms with Crippen LogP contribution in [0.1, 0.15) is 62.8 Å². The lowest BCUT2D eigenvalue weighted by molar-refractivity contribution is 0.311. The summed E-state index contributed by atoms with van der Waals surface area (Å²) in [5, 5.41) is 0. The van der Waals surface area contributed by atoms with Crippen molar-refractivity contribution in [2.24, 2.45) is 0 Å². The molecule has 104 valence electrons. The molecule has 0 amide bonds. The molecular weight excluding hydrogens is 230 g/mol. The molecule has 1 aromatic rings. The normalized spacial score (nSPS) is 22.2. The molecule has 0 radical (unpaired) electrons. The van der Waals surface area contributed by atoms with Gasteiger partial charge >= 0.3 is 0 Å². The minimum atomic E-state index is 0.255. The maximum Gasteiger partial charge on any atom is 0.0233 e. The number of hydrogen-bond acceptors (Lipinski definition) is 1. The third-order valence-electron chi connectivity index (χ3n) is 5.04. The largest absolute Gasteiger partial charge is 0.302 e. The highest BCUT2D eigenvalue weighted by atomic mass is 15.1. The Kier molecular flexibility index (Phi) is 2.83. The summed E-state index contributed by atoms with van der Waals surface area (Å²) in [6.45, 7) is 11.8. The molecule has 2 aliphatic rings. The zero-order chi connectivity index (χ0) is 13.8. The van der Waals surface area contributed by atoms with E-state index in [4.69, 9.17) is 0 Å². The second-order valence-electron chi connectivity index (χ2n) is 7.96. The third-order valence-corrected chi connectivity index (χ3v) is 5.04. The summed E-state index contributed by atoms with van der Waals surface area (Å²) in [4.78, 5) is 2.45. The molecule has 0 unspecified atom stereocenters. The molecule has 0 spiro atoms. The van der Waals surface area contributed by atoms with Crippen molar-refractivity contribution in [3.8, 4) is 0 Å². The number of hydrogen-bond donors (Lipinski definition) is 0. The number of benzene rings is 1. The molecule has 1 fully saturated rings. The fourth-order valence-corrected chi connectivity index (χ4v) is 3.27. The van der Waals surface area contributed by atoms with Gasteiger partial charge in [-0.05, 0) is 59.4 Å². The Hall–Kier alpha value is -0.820. The zero-order valence-electron chi connectivity index (χ0n) is 13.1. The van der Waals surface area contributed by atoms with E-state index in [1.807, 2.05) is 0 Å². The first kappa shape index (κ1) is 13.2. The van der Waals surface area contributed by atoms with Crippen LogP contribution in [0.15, 0.2) is 12.1 Å². The van der Waals surface area contributed by atoms with Gasteiger partial charge in [-0.3, -0.25) is 0 Å². The molecule has 0 aromatic heterocycles. The first-order valence-electron chi connectivity index (χ1n) is 7.65. The summed E-state index contributed by atoms with van der Waals surface area (Å²) in [5.74, 6) is 0. The number of rotatable bonds is 1. The molecular formula is C18H27N. The van der Waals surface area contributed by atoms with Crippen LogP contribution in [0, 0.1) is 0 Å². The van der Waals surface area contributed by atoms with Crippen LogP contribution in [0.4, 0.5) is 0 Å². The number of nitrogens with zero attached hydrogens (tertiary/aromatic N) is 1. The predicted molar refractivity (Wildman–Crippen MR) is 81.8 cm³/mol. The summed E-state index contributed by atoms with van der Waals surface area (Å²) in [7, 11) is 2.24. The Bertz CT molecular complexity index is 503.